The van der Waals surface area contributed by atoms with Crippen LogP contribution in [0.3, 0.4) is 0 Å². The molecule has 0 aliphatic rings. The molecule has 0 aliphatic carbocycles. The van der Waals surface area contributed by atoms with E-state index in [4.69, 9.17) is 18.9 Å². The molecule has 0 heterocycles. The lowest BCUT2D eigenvalue weighted by atomic mass is 10.2. The van der Waals surface area contributed by atoms with Crippen LogP contribution >= 0.6 is 22.6 Å². The molecule has 0 aromatic heterocycles. The molecule has 0 aliphatic heterocycles. The van der Waals surface area contributed by atoms with Gasteiger partial charge in [-0.3, -0.25) is 0 Å². The highest BCUT2D eigenvalue weighted by atomic mass is 127. The third-order valence-corrected chi connectivity index (χ3v) is 5.33. The minimum atomic E-state index is 0.483. The molecule has 3 aromatic rings. The summed E-state index contributed by atoms with van der Waals surface area (Å²) in [6, 6.07) is 19.8. The summed E-state index contributed by atoms with van der Waals surface area (Å²) >= 11 is 2.29. The van der Waals surface area contributed by atoms with Crippen LogP contribution in [0, 0.1) is 3.57 Å². The second-order valence-electron chi connectivity index (χ2n) is 6.84. The van der Waals surface area contributed by atoms with Crippen molar-refractivity contribution < 1.29 is 18.9 Å². The molecule has 3 aromatic carbocycles. The summed E-state index contributed by atoms with van der Waals surface area (Å²) in [4.78, 5) is 0. The standard InChI is InChI=1S/C25H27IN2O4/c1-4-31-25-14-20(8-12-23(25)32-17-18-5-9-21(26)10-6-18)16-28-27-15-19-7-11-22(29-2)24(13-19)30-3/h5-14,16,27H,4,15,17H2,1-3H3/b28-16+. The molecule has 0 radical (unpaired) electrons. The Hall–Kier alpha value is -2.94. The Morgan fingerprint density at radius 2 is 1.53 bits per heavy atom. The van der Waals surface area contributed by atoms with Gasteiger partial charge in [0.05, 0.1) is 33.6 Å². The van der Waals surface area contributed by atoms with E-state index in [-0.39, 0.29) is 0 Å². The van der Waals surface area contributed by atoms with Gasteiger partial charge in [-0.1, -0.05) is 18.2 Å². The zero-order valence-electron chi connectivity index (χ0n) is 18.4. The van der Waals surface area contributed by atoms with E-state index in [2.05, 4.69) is 57.4 Å². The number of methoxy groups -OCH3 is 2. The first-order chi connectivity index (χ1) is 15.6. The van der Waals surface area contributed by atoms with Crippen molar-refractivity contribution in [1.82, 2.24) is 5.43 Å². The maximum absolute atomic E-state index is 5.99. The summed E-state index contributed by atoms with van der Waals surface area (Å²) in [5, 5.41) is 4.32. The SMILES string of the molecule is CCOc1cc(/C=N/NCc2ccc(OC)c(OC)c2)ccc1OCc1ccc(I)cc1. The Morgan fingerprint density at radius 3 is 2.25 bits per heavy atom. The Balaban J connectivity index is 1.60. The number of rotatable bonds is 11. The smallest absolute Gasteiger partial charge is 0.161 e. The van der Waals surface area contributed by atoms with Crippen LogP contribution in [0.5, 0.6) is 23.0 Å². The van der Waals surface area contributed by atoms with Gasteiger partial charge in [-0.05, 0) is 88.7 Å². The van der Waals surface area contributed by atoms with Gasteiger partial charge in [0.2, 0.25) is 0 Å². The Kier molecular flexibility index (Phi) is 9.03. The van der Waals surface area contributed by atoms with Crippen molar-refractivity contribution in [2.45, 2.75) is 20.1 Å². The number of hydrazone groups is 1. The second-order valence-corrected chi connectivity index (χ2v) is 8.08. The molecule has 0 saturated carbocycles. The monoisotopic (exact) mass is 546 g/mol. The highest BCUT2D eigenvalue weighted by molar-refractivity contribution is 14.1. The van der Waals surface area contributed by atoms with Crippen LogP contribution in [0.1, 0.15) is 23.6 Å². The highest BCUT2D eigenvalue weighted by Crippen LogP contribution is 2.29. The predicted molar refractivity (Wildman–Crippen MR) is 135 cm³/mol. The normalized spacial score (nSPS) is 10.8. The number of benzene rings is 3. The minimum Gasteiger partial charge on any atom is -0.493 e. The summed E-state index contributed by atoms with van der Waals surface area (Å²) in [5.74, 6) is 2.80. The van der Waals surface area contributed by atoms with Gasteiger partial charge in [0, 0.05) is 3.57 Å². The number of hydrogen-bond donors (Lipinski definition) is 1. The molecular formula is C25H27IN2O4. The van der Waals surface area contributed by atoms with Crippen LogP contribution in [0.4, 0.5) is 0 Å². The summed E-state index contributed by atoms with van der Waals surface area (Å²) in [5.41, 5.74) is 6.11. The minimum absolute atomic E-state index is 0.483. The van der Waals surface area contributed by atoms with Crippen molar-refractivity contribution in [3.05, 3.63) is 80.9 Å². The number of ether oxygens (including phenoxy) is 4. The first-order valence-electron chi connectivity index (χ1n) is 10.2. The van der Waals surface area contributed by atoms with Gasteiger partial charge in [0.25, 0.3) is 0 Å². The van der Waals surface area contributed by atoms with Crippen molar-refractivity contribution >= 4 is 28.8 Å². The zero-order valence-corrected chi connectivity index (χ0v) is 20.6. The molecule has 0 atom stereocenters. The van der Waals surface area contributed by atoms with E-state index < -0.39 is 0 Å². The fourth-order valence-electron chi connectivity index (χ4n) is 2.98. The predicted octanol–water partition coefficient (Wildman–Crippen LogP) is 5.41. The molecule has 1 N–H and O–H groups in total. The van der Waals surface area contributed by atoms with Crippen LogP contribution < -0.4 is 24.4 Å². The van der Waals surface area contributed by atoms with Gasteiger partial charge in [-0.25, -0.2) is 0 Å². The molecule has 3 rings (SSSR count). The summed E-state index contributed by atoms with van der Waals surface area (Å²) < 4.78 is 23.6. The summed E-state index contributed by atoms with van der Waals surface area (Å²) in [7, 11) is 3.24. The van der Waals surface area contributed by atoms with Crippen molar-refractivity contribution in [1.29, 1.82) is 0 Å². The molecule has 0 fully saturated rings. The lowest BCUT2D eigenvalue weighted by Crippen LogP contribution is -2.06. The molecule has 0 spiro atoms. The van der Waals surface area contributed by atoms with Crippen LogP contribution in [0.25, 0.3) is 0 Å². The Bertz CT molecular complexity index is 1040. The van der Waals surface area contributed by atoms with Crippen LogP contribution in [-0.2, 0) is 13.2 Å². The van der Waals surface area contributed by atoms with Crippen molar-refractivity contribution in [2.75, 3.05) is 20.8 Å². The number of hydrogen-bond acceptors (Lipinski definition) is 6. The second kappa shape index (κ2) is 12.2. The quantitative estimate of drug-likeness (QED) is 0.198. The van der Waals surface area contributed by atoms with Gasteiger partial charge < -0.3 is 24.4 Å². The maximum atomic E-state index is 5.99. The number of halogens is 1. The average Bonchev–Trinajstić information content (AvgIpc) is 2.82. The number of nitrogens with zero attached hydrogens (tertiary/aromatic N) is 1. The van der Waals surface area contributed by atoms with Crippen LogP contribution in [-0.4, -0.2) is 27.0 Å². The van der Waals surface area contributed by atoms with Gasteiger partial charge in [-0.15, -0.1) is 0 Å². The van der Waals surface area contributed by atoms with E-state index in [1.807, 2.05) is 43.3 Å². The summed E-state index contributed by atoms with van der Waals surface area (Å²) in [6.45, 7) is 3.55. The molecule has 0 unspecified atom stereocenters. The number of nitrogens with one attached hydrogen (secondary N) is 1. The molecular weight excluding hydrogens is 519 g/mol. The topological polar surface area (TPSA) is 61.3 Å². The third kappa shape index (κ3) is 6.78. The summed E-state index contributed by atoms with van der Waals surface area (Å²) in [6.07, 6.45) is 1.76. The zero-order chi connectivity index (χ0) is 22.8. The molecule has 6 nitrogen and oxygen atoms in total. The van der Waals surface area contributed by atoms with E-state index >= 15 is 0 Å². The van der Waals surface area contributed by atoms with Crippen molar-refractivity contribution in [2.24, 2.45) is 5.10 Å². The van der Waals surface area contributed by atoms with E-state index in [0.29, 0.717) is 42.8 Å². The van der Waals surface area contributed by atoms with Crippen LogP contribution in [0.15, 0.2) is 65.8 Å². The van der Waals surface area contributed by atoms with Gasteiger partial charge in [0.15, 0.2) is 23.0 Å². The average molecular weight is 546 g/mol. The fraction of sp³-hybridized carbons (Fsp3) is 0.240. The van der Waals surface area contributed by atoms with E-state index in [0.717, 1.165) is 16.7 Å². The largest absolute Gasteiger partial charge is 0.493 e. The van der Waals surface area contributed by atoms with Gasteiger partial charge in [0.1, 0.15) is 6.61 Å². The fourth-order valence-corrected chi connectivity index (χ4v) is 3.34. The first-order valence-corrected chi connectivity index (χ1v) is 11.3. The van der Waals surface area contributed by atoms with Crippen LogP contribution in [0.2, 0.25) is 0 Å². The first kappa shape index (κ1) is 23.7. The molecule has 32 heavy (non-hydrogen) atoms. The lowest BCUT2D eigenvalue weighted by molar-refractivity contribution is 0.269. The molecule has 7 heteroatoms. The van der Waals surface area contributed by atoms with Crippen molar-refractivity contribution in [3.8, 4) is 23.0 Å². The van der Waals surface area contributed by atoms with Gasteiger partial charge in [-0.2, -0.15) is 5.10 Å². The van der Waals surface area contributed by atoms with E-state index in [9.17, 15) is 0 Å². The Morgan fingerprint density at radius 1 is 0.812 bits per heavy atom. The molecule has 0 amide bonds. The van der Waals surface area contributed by atoms with Gasteiger partial charge >= 0.3 is 0 Å². The van der Waals surface area contributed by atoms with Crippen molar-refractivity contribution in [3.63, 3.8) is 0 Å². The van der Waals surface area contributed by atoms with E-state index in [1.54, 1.807) is 20.4 Å². The lowest BCUT2D eigenvalue weighted by Gasteiger charge is -2.13. The Labute approximate surface area is 202 Å². The third-order valence-electron chi connectivity index (χ3n) is 4.61. The molecule has 0 saturated heterocycles. The van der Waals surface area contributed by atoms with E-state index in [1.165, 1.54) is 3.57 Å². The maximum Gasteiger partial charge on any atom is 0.161 e. The molecule has 168 valence electrons. The highest BCUT2D eigenvalue weighted by Gasteiger charge is 2.07. The molecule has 0 bridgehead atoms.